The highest BCUT2D eigenvalue weighted by Gasteiger charge is 2.17. The van der Waals surface area contributed by atoms with E-state index >= 15 is 0 Å². The van der Waals surface area contributed by atoms with Crippen LogP contribution in [0.3, 0.4) is 0 Å². The highest BCUT2D eigenvalue weighted by Crippen LogP contribution is 2.15. The molecule has 3 N–H and O–H groups in total. The Morgan fingerprint density at radius 1 is 1.75 bits per heavy atom. The molecule has 0 aliphatic heterocycles. The van der Waals surface area contributed by atoms with Crippen molar-refractivity contribution < 1.29 is 5.11 Å². The Morgan fingerprint density at radius 2 is 2.42 bits per heavy atom. The van der Waals surface area contributed by atoms with Crippen molar-refractivity contribution in [2.75, 3.05) is 0 Å². The molecule has 1 aromatic rings. The van der Waals surface area contributed by atoms with Gasteiger partial charge in [-0.15, -0.1) is 0 Å². The van der Waals surface area contributed by atoms with E-state index in [1.54, 1.807) is 24.0 Å². The molecule has 0 aliphatic carbocycles. The molecular formula is C8H15N3O. The third-order valence-corrected chi connectivity index (χ3v) is 2.04. The summed E-state index contributed by atoms with van der Waals surface area (Å²) >= 11 is 0. The van der Waals surface area contributed by atoms with Crippen LogP contribution in [-0.4, -0.2) is 20.9 Å². The second kappa shape index (κ2) is 3.69. The summed E-state index contributed by atoms with van der Waals surface area (Å²) in [7, 11) is 1.79. The molecule has 0 fully saturated rings. The first-order chi connectivity index (χ1) is 5.66. The molecule has 0 bridgehead atoms. The van der Waals surface area contributed by atoms with E-state index in [2.05, 4.69) is 5.10 Å². The molecule has 0 saturated heterocycles. The van der Waals surface area contributed by atoms with Gasteiger partial charge in [0.2, 0.25) is 0 Å². The molecule has 1 heterocycles. The Labute approximate surface area is 72.0 Å². The fourth-order valence-electron chi connectivity index (χ4n) is 1.12. The molecule has 0 amide bonds. The molecule has 0 radical (unpaired) electrons. The van der Waals surface area contributed by atoms with Crippen LogP contribution >= 0.6 is 0 Å². The van der Waals surface area contributed by atoms with Crippen LogP contribution in [0.2, 0.25) is 0 Å². The van der Waals surface area contributed by atoms with E-state index in [1.165, 1.54) is 0 Å². The number of nitrogens with two attached hydrogens (primary N) is 1. The first kappa shape index (κ1) is 9.22. The Balaban J connectivity index is 2.77. The molecule has 0 spiro atoms. The lowest BCUT2D eigenvalue weighted by Gasteiger charge is -2.16. The van der Waals surface area contributed by atoms with Crippen molar-refractivity contribution in [3.63, 3.8) is 0 Å². The third kappa shape index (κ3) is 1.65. The monoisotopic (exact) mass is 169 g/mol. The van der Waals surface area contributed by atoms with Crippen LogP contribution in [-0.2, 0) is 7.05 Å². The highest BCUT2D eigenvalue weighted by atomic mass is 16.3. The van der Waals surface area contributed by atoms with Crippen LogP contribution in [0.1, 0.15) is 25.1 Å². The molecule has 2 atom stereocenters. The maximum atomic E-state index is 9.67. The minimum atomic E-state index is -0.609. The molecule has 1 aromatic heterocycles. The molecule has 12 heavy (non-hydrogen) atoms. The van der Waals surface area contributed by atoms with Gasteiger partial charge in [0, 0.05) is 19.3 Å². The van der Waals surface area contributed by atoms with Gasteiger partial charge in [-0.25, -0.2) is 0 Å². The van der Waals surface area contributed by atoms with Crippen LogP contribution in [0, 0.1) is 0 Å². The lowest BCUT2D eigenvalue weighted by Crippen LogP contribution is -2.28. The van der Waals surface area contributed by atoms with E-state index in [0.717, 1.165) is 12.1 Å². The quantitative estimate of drug-likeness (QED) is 0.679. The third-order valence-electron chi connectivity index (χ3n) is 2.04. The molecule has 2 unspecified atom stereocenters. The van der Waals surface area contributed by atoms with Gasteiger partial charge in [0.1, 0.15) is 6.10 Å². The van der Waals surface area contributed by atoms with Crippen LogP contribution in [0.25, 0.3) is 0 Å². The Bertz CT molecular complexity index is 246. The fraction of sp³-hybridized carbons (Fsp3) is 0.625. The van der Waals surface area contributed by atoms with E-state index in [0.29, 0.717) is 0 Å². The molecule has 4 heteroatoms. The van der Waals surface area contributed by atoms with Crippen molar-refractivity contribution in [2.24, 2.45) is 12.8 Å². The van der Waals surface area contributed by atoms with Gasteiger partial charge < -0.3 is 10.8 Å². The van der Waals surface area contributed by atoms with E-state index < -0.39 is 6.10 Å². The zero-order valence-corrected chi connectivity index (χ0v) is 7.44. The van der Waals surface area contributed by atoms with Gasteiger partial charge in [0.15, 0.2) is 0 Å². The van der Waals surface area contributed by atoms with Gasteiger partial charge in [-0.3, -0.25) is 4.68 Å². The zero-order valence-electron chi connectivity index (χ0n) is 7.44. The van der Waals surface area contributed by atoms with Gasteiger partial charge in [-0.05, 0) is 12.5 Å². The normalized spacial score (nSPS) is 16.0. The summed E-state index contributed by atoms with van der Waals surface area (Å²) in [5.41, 5.74) is 6.45. The smallest absolute Gasteiger partial charge is 0.111 e. The molecule has 68 valence electrons. The maximum absolute atomic E-state index is 9.67. The molecule has 0 saturated carbocycles. The number of nitrogens with zero attached hydrogens (tertiary/aromatic N) is 2. The van der Waals surface area contributed by atoms with E-state index in [1.807, 2.05) is 6.92 Å². The molecule has 0 aliphatic rings. The predicted octanol–water partition coefficient (Wildman–Crippen LogP) is 0.191. The van der Waals surface area contributed by atoms with Gasteiger partial charge >= 0.3 is 0 Å². The number of hydrogen-bond acceptors (Lipinski definition) is 3. The van der Waals surface area contributed by atoms with Gasteiger partial charge in [0.05, 0.1) is 5.69 Å². The van der Waals surface area contributed by atoms with Crippen molar-refractivity contribution in [2.45, 2.75) is 25.5 Å². The Hall–Kier alpha value is -0.870. The zero-order chi connectivity index (χ0) is 9.14. The second-order valence-electron chi connectivity index (χ2n) is 2.90. The summed E-state index contributed by atoms with van der Waals surface area (Å²) < 4.78 is 1.64. The summed E-state index contributed by atoms with van der Waals surface area (Å²) in [5, 5.41) is 13.6. The van der Waals surface area contributed by atoms with Crippen molar-refractivity contribution in [1.82, 2.24) is 9.78 Å². The Kier molecular flexibility index (Phi) is 2.83. The van der Waals surface area contributed by atoms with Crippen molar-refractivity contribution in [3.8, 4) is 0 Å². The van der Waals surface area contributed by atoms with Gasteiger partial charge in [0.25, 0.3) is 0 Å². The van der Waals surface area contributed by atoms with E-state index in [9.17, 15) is 5.11 Å². The van der Waals surface area contributed by atoms with Crippen molar-refractivity contribution in [3.05, 3.63) is 18.0 Å². The topological polar surface area (TPSA) is 64.1 Å². The van der Waals surface area contributed by atoms with Gasteiger partial charge in [-0.2, -0.15) is 5.10 Å². The van der Waals surface area contributed by atoms with Crippen LogP contribution < -0.4 is 5.73 Å². The van der Waals surface area contributed by atoms with Crippen molar-refractivity contribution >= 4 is 0 Å². The number of rotatable bonds is 3. The second-order valence-corrected chi connectivity index (χ2v) is 2.90. The SMILES string of the molecule is CCC(N)C(O)c1ccnn1C. The summed E-state index contributed by atoms with van der Waals surface area (Å²) in [5.74, 6) is 0. The van der Waals surface area contributed by atoms with Crippen LogP contribution in [0.15, 0.2) is 12.3 Å². The summed E-state index contributed by atoms with van der Waals surface area (Å²) in [6.07, 6.45) is 1.80. The number of aliphatic hydroxyl groups is 1. The summed E-state index contributed by atoms with van der Waals surface area (Å²) in [6.45, 7) is 1.95. The average molecular weight is 169 g/mol. The highest BCUT2D eigenvalue weighted by molar-refractivity contribution is 5.06. The number of aromatic nitrogens is 2. The lowest BCUT2D eigenvalue weighted by molar-refractivity contribution is 0.135. The lowest BCUT2D eigenvalue weighted by atomic mass is 10.1. The average Bonchev–Trinajstić information content (AvgIpc) is 2.48. The standard InChI is InChI=1S/C8H15N3O/c1-3-6(9)8(12)7-4-5-10-11(7)2/h4-6,8,12H,3,9H2,1-2H3. The number of aryl methyl sites for hydroxylation is 1. The Morgan fingerprint density at radius 3 is 2.83 bits per heavy atom. The van der Waals surface area contributed by atoms with Crippen molar-refractivity contribution in [1.29, 1.82) is 0 Å². The molecule has 1 rings (SSSR count). The predicted molar refractivity (Wildman–Crippen MR) is 46.4 cm³/mol. The molecule has 0 aromatic carbocycles. The van der Waals surface area contributed by atoms with Gasteiger partial charge in [-0.1, -0.05) is 6.92 Å². The van der Waals surface area contributed by atoms with E-state index in [-0.39, 0.29) is 6.04 Å². The summed E-state index contributed by atoms with van der Waals surface area (Å²) in [6, 6.07) is 1.57. The molecule has 4 nitrogen and oxygen atoms in total. The van der Waals surface area contributed by atoms with E-state index in [4.69, 9.17) is 5.73 Å². The fourth-order valence-corrected chi connectivity index (χ4v) is 1.12. The first-order valence-corrected chi connectivity index (χ1v) is 4.08. The van der Waals surface area contributed by atoms with Crippen LogP contribution in [0.4, 0.5) is 0 Å². The molecular weight excluding hydrogens is 154 g/mol. The number of hydrogen-bond donors (Lipinski definition) is 2. The van der Waals surface area contributed by atoms with Crippen LogP contribution in [0.5, 0.6) is 0 Å². The number of aliphatic hydroxyl groups excluding tert-OH is 1. The minimum Gasteiger partial charge on any atom is -0.385 e. The maximum Gasteiger partial charge on any atom is 0.111 e. The largest absolute Gasteiger partial charge is 0.385 e. The summed E-state index contributed by atoms with van der Waals surface area (Å²) in [4.78, 5) is 0. The first-order valence-electron chi connectivity index (χ1n) is 4.08. The minimum absolute atomic E-state index is 0.208.